The van der Waals surface area contributed by atoms with Crippen molar-refractivity contribution in [1.82, 2.24) is 9.88 Å². The van der Waals surface area contributed by atoms with Gasteiger partial charge >= 0.3 is 0 Å². The zero-order valence-corrected chi connectivity index (χ0v) is 15.5. The topological polar surface area (TPSA) is 65.2 Å². The number of hydrogen-bond acceptors (Lipinski definition) is 2. The van der Waals surface area contributed by atoms with Crippen molar-refractivity contribution in [2.75, 3.05) is 18.4 Å². The van der Waals surface area contributed by atoms with Crippen molar-refractivity contribution < 1.29 is 9.59 Å². The Kier molecular flexibility index (Phi) is 4.44. The van der Waals surface area contributed by atoms with Gasteiger partial charge in [0.25, 0.3) is 5.91 Å². The van der Waals surface area contributed by atoms with Gasteiger partial charge in [0, 0.05) is 35.9 Å². The Morgan fingerprint density at radius 2 is 1.78 bits per heavy atom. The van der Waals surface area contributed by atoms with Crippen LogP contribution in [-0.4, -0.2) is 34.8 Å². The van der Waals surface area contributed by atoms with Gasteiger partial charge in [-0.25, -0.2) is 0 Å². The molecule has 4 rings (SSSR count). The number of benzene rings is 2. The van der Waals surface area contributed by atoms with Crippen LogP contribution in [0.3, 0.4) is 0 Å². The highest BCUT2D eigenvalue weighted by atomic mass is 16.2. The minimum absolute atomic E-state index is 0.0222. The van der Waals surface area contributed by atoms with Gasteiger partial charge in [0.15, 0.2) is 0 Å². The van der Waals surface area contributed by atoms with Crippen molar-refractivity contribution in [3.63, 3.8) is 0 Å². The first kappa shape index (κ1) is 17.3. The van der Waals surface area contributed by atoms with E-state index >= 15 is 0 Å². The summed E-state index contributed by atoms with van der Waals surface area (Å²) in [7, 11) is 0. The minimum atomic E-state index is -0.167. The SMILES string of the molecule is CC(C)c1ccccc1NC(=O)C1CN(C(=O)c2c[nH]c3ccccc23)C1. The Bertz CT molecular complexity index is 999. The summed E-state index contributed by atoms with van der Waals surface area (Å²) in [4.78, 5) is 30.2. The zero-order valence-electron chi connectivity index (χ0n) is 15.5. The van der Waals surface area contributed by atoms with Gasteiger partial charge in [-0.05, 0) is 23.6 Å². The van der Waals surface area contributed by atoms with E-state index in [1.807, 2.05) is 48.5 Å². The van der Waals surface area contributed by atoms with E-state index in [0.29, 0.717) is 24.6 Å². The molecule has 5 nitrogen and oxygen atoms in total. The molecule has 0 radical (unpaired) electrons. The quantitative estimate of drug-likeness (QED) is 0.738. The van der Waals surface area contributed by atoms with Crippen LogP contribution in [0, 0.1) is 5.92 Å². The highest BCUT2D eigenvalue weighted by Gasteiger charge is 2.36. The standard InChI is InChI=1S/C22H23N3O2/c1-14(2)16-7-3-6-10-20(16)24-21(26)15-12-25(13-15)22(27)18-11-23-19-9-5-4-8-17(18)19/h3-11,14-15,23H,12-13H2,1-2H3,(H,24,26). The average molecular weight is 361 g/mol. The third kappa shape index (κ3) is 3.21. The summed E-state index contributed by atoms with van der Waals surface area (Å²) in [5.74, 6) is 0.118. The Morgan fingerprint density at radius 3 is 2.56 bits per heavy atom. The number of fused-ring (bicyclic) bond motifs is 1. The summed E-state index contributed by atoms with van der Waals surface area (Å²) < 4.78 is 0. The van der Waals surface area contributed by atoms with E-state index in [1.165, 1.54) is 0 Å². The molecule has 1 aliphatic rings. The highest BCUT2D eigenvalue weighted by Crippen LogP contribution is 2.27. The fourth-order valence-corrected chi connectivity index (χ4v) is 3.58. The predicted octanol–water partition coefficient (Wildman–Crippen LogP) is 4.00. The second-order valence-electron chi connectivity index (χ2n) is 7.39. The number of likely N-dealkylation sites (tertiary alicyclic amines) is 1. The van der Waals surface area contributed by atoms with Crippen LogP contribution in [0.4, 0.5) is 5.69 Å². The van der Waals surface area contributed by atoms with Crippen LogP contribution in [0.15, 0.2) is 54.7 Å². The molecule has 1 saturated heterocycles. The molecule has 2 heterocycles. The molecule has 5 heteroatoms. The van der Waals surface area contributed by atoms with Gasteiger partial charge in [0.1, 0.15) is 0 Å². The molecule has 0 spiro atoms. The van der Waals surface area contributed by atoms with E-state index in [0.717, 1.165) is 22.2 Å². The maximum Gasteiger partial charge on any atom is 0.256 e. The van der Waals surface area contributed by atoms with Crippen molar-refractivity contribution in [1.29, 1.82) is 0 Å². The Balaban J connectivity index is 1.41. The number of anilines is 1. The van der Waals surface area contributed by atoms with Crippen LogP contribution in [0.2, 0.25) is 0 Å². The number of hydrogen-bond donors (Lipinski definition) is 2. The summed E-state index contributed by atoms with van der Waals surface area (Å²) in [6, 6.07) is 15.6. The van der Waals surface area contributed by atoms with Crippen LogP contribution in [0.5, 0.6) is 0 Å². The fraction of sp³-hybridized carbons (Fsp3) is 0.273. The molecule has 138 valence electrons. The second kappa shape index (κ2) is 6.91. The maximum atomic E-state index is 12.7. The van der Waals surface area contributed by atoms with Gasteiger partial charge in [-0.1, -0.05) is 50.2 Å². The number of aromatic nitrogens is 1. The molecule has 0 aliphatic carbocycles. The lowest BCUT2D eigenvalue weighted by Gasteiger charge is -2.38. The number of rotatable bonds is 4. The van der Waals surface area contributed by atoms with Crippen LogP contribution < -0.4 is 5.32 Å². The van der Waals surface area contributed by atoms with E-state index in [9.17, 15) is 9.59 Å². The number of para-hydroxylation sites is 2. The number of nitrogens with zero attached hydrogens (tertiary/aromatic N) is 1. The van der Waals surface area contributed by atoms with Crippen LogP contribution in [0.1, 0.15) is 35.7 Å². The summed E-state index contributed by atoms with van der Waals surface area (Å²) in [5, 5.41) is 3.95. The summed E-state index contributed by atoms with van der Waals surface area (Å²) in [6.45, 7) is 5.12. The van der Waals surface area contributed by atoms with Crippen molar-refractivity contribution >= 4 is 28.4 Å². The van der Waals surface area contributed by atoms with Crippen LogP contribution >= 0.6 is 0 Å². The largest absolute Gasteiger partial charge is 0.360 e. The highest BCUT2D eigenvalue weighted by molar-refractivity contribution is 6.07. The Labute approximate surface area is 158 Å². The summed E-state index contributed by atoms with van der Waals surface area (Å²) >= 11 is 0. The Morgan fingerprint density at radius 1 is 1.07 bits per heavy atom. The van der Waals surface area contributed by atoms with Crippen LogP contribution in [-0.2, 0) is 4.79 Å². The van der Waals surface area contributed by atoms with Gasteiger partial charge in [0.2, 0.25) is 5.91 Å². The molecule has 3 aromatic rings. The number of carbonyl (C=O) groups is 2. The van der Waals surface area contributed by atoms with Gasteiger partial charge in [-0.15, -0.1) is 0 Å². The number of nitrogens with one attached hydrogen (secondary N) is 2. The van der Waals surface area contributed by atoms with E-state index < -0.39 is 0 Å². The van der Waals surface area contributed by atoms with E-state index in [4.69, 9.17) is 0 Å². The molecule has 1 aliphatic heterocycles. The third-order valence-electron chi connectivity index (χ3n) is 5.20. The molecule has 0 bridgehead atoms. The zero-order chi connectivity index (χ0) is 19.0. The van der Waals surface area contributed by atoms with Gasteiger partial charge in [-0.3, -0.25) is 9.59 Å². The molecule has 1 aromatic heterocycles. The monoisotopic (exact) mass is 361 g/mol. The molecule has 1 fully saturated rings. The third-order valence-corrected chi connectivity index (χ3v) is 5.20. The summed E-state index contributed by atoms with van der Waals surface area (Å²) in [6.07, 6.45) is 1.75. The molecular weight excluding hydrogens is 338 g/mol. The maximum absolute atomic E-state index is 12.7. The molecule has 0 saturated carbocycles. The molecule has 2 amide bonds. The van der Waals surface area contributed by atoms with E-state index in [-0.39, 0.29) is 17.7 Å². The number of carbonyl (C=O) groups excluding carboxylic acids is 2. The van der Waals surface area contributed by atoms with Crippen molar-refractivity contribution in [2.45, 2.75) is 19.8 Å². The van der Waals surface area contributed by atoms with Crippen molar-refractivity contribution in [2.24, 2.45) is 5.92 Å². The molecule has 2 aromatic carbocycles. The van der Waals surface area contributed by atoms with E-state index in [2.05, 4.69) is 24.1 Å². The number of H-pyrrole nitrogens is 1. The number of amides is 2. The van der Waals surface area contributed by atoms with Crippen molar-refractivity contribution in [3.05, 3.63) is 65.9 Å². The first-order chi connectivity index (χ1) is 13.0. The normalized spacial score (nSPS) is 14.4. The molecule has 27 heavy (non-hydrogen) atoms. The number of aromatic amines is 1. The molecule has 2 N–H and O–H groups in total. The fourth-order valence-electron chi connectivity index (χ4n) is 3.58. The predicted molar refractivity (Wildman–Crippen MR) is 107 cm³/mol. The first-order valence-electron chi connectivity index (χ1n) is 9.29. The second-order valence-corrected chi connectivity index (χ2v) is 7.39. The van der Waals surface area contributed by atoms with Crippen LogP contribution in [0.25, 0.3) is 10.9 Å². The van der Waals surface area contributed by atoms with Crippen molar-refractivity contribution in [3.8, 4) is 0 Å². The first-order valence-corrected chi connectivity index (χ1v) is 9.29. The van der Waals surface area contributed by atoms with Gasteiger partial charge in [-0.2, -0.15) is 0 Å². The molecular formula is C22H23N3O2. The minimum Gasteiger partial charge on any atom is -0.360 e. The smallest absolute Gasteiger partial charge is 0.256 e. The lowest BCUT2D eigenvalue weighted by molar-refractivity contribution is -0.123. The molecule has 0 atom stereocenters. The Hall–Kier alpha value is -3.08. The van der Waals surface area contributed by atoms with Gasteiger partial charge in [0.05, 0.1) is 11.5 Å². The lowest BCUT2D eigenvalue weighted by Crippen LogP contribution is -2.54. The molecule has 0 unspecified atom stereocenters. The van der Waals surface area contributed by atoms with E-state index in [1.54, 1.807) is 11.1 Å². The van der Waals surface area contributed by atoms with Gasteiger partial charge < -0.3 is 15.2 Å². The average Bonchev–Trinajstić information content (AvgIpc) is 3.04. The lowest BCUT2D eigenvalue weighted by atomic mass is 9.96. The summed E-state index contributed by atoms with van der Waals surface area (Å²) in [5.41, 5.74) is 3.59.